The Kier molecular flexibility index (Phi) is 4.75. The lowest BCUT2D eigenvalue weighted by Gasteiger charge is -2.19. The number of carbonyl (C=O) groups is 1. The van der Waals surface area contributed by atoms with E-state index < -0.39 is 48.3 Å². The molecule has 1 aromatic heterocycles. The largest absolute Gasteiger partial charge is 0.586 e. The standard InChI is InChI=1S/C17H16ClF3N2O4Si/c1-25-16(24)13-9(18)11(22)10(19)12(23-13)7-5-6-8(28(2,3)4)15-14(7)26-17(20,21)27-15/h5-6H,1-4H3,(H2,22,23). The maximum atomic E-state index is 14.8. The molecule has 1 aromatic carbocycles. The molecule has 28 heavy (non-hydrogen) atoms. The molecule has 0 bridgehead atoms. The Balaban J connectivity index is 2.31. The van der Waals surface area contributed by atoms with Crippen molar-refractivity contribution >= 4 is 36.5 Å². The van der Waals surface area contributed by atoms with Crippen molar-refractivity contribution < 1.29 is 32.2 Å². The molecule has 150 valence electrons. The number of nitrogens with two attached hydrogens (primary N) is 1. The van der Waals surface area contributed by atoms with Crippen LogP contribution in [-0.2, 0) is 4.74 Å². The number of halogens is 4. The van der Waals surface area contributed by atoms with Gasteiger partial charge in [0.1, 0.15) is 5.69 Å². The van der Waals surface area contributed by atoms with Crippen molar-refractivity contribution in [2.24, 2.45) is 0 Å². The first-order valence-corrected chi connectivity index (χ1v) is 11.9. The first kappa shape index (κ1) is 20.3. The van der Waals surface area contributed by atoms with Crippen LogP contribution in [0.4, 0.5) is 18.9 Å². The molecule has 2 N–H and O–H groups in total. The van der Waals surface area contributed by atoms with E-state index in [1.54, 1.807) is 6.07 Å². The lowest BCUT2D eigenvalue weighted by atomic mass is 10.1. The molecule has 1 aliphatic rings. The van der Waals surface area contributed by atoms with E-state index in [-0.39, 0.29) is 17.1 Å². The van der Waals surface area contributed by atoms with Gasteiger partial charge in [0.15, 0.2) is 23.0 Å². The number of benzene rings is 1. The molecule has 2 aromatic rings. The van der Waals surface area contributed by atoms with Gasteiger partial charge < -0.3 is 19.9 Å². The molecule has 6 nitrogen and oxygen atoms in total. The van der Waals surface area contributed by atoms with E-state index in [2.05, 4.69) is 19.2 Å². The van der Waals surface area contributed by atoms with Crippen LogP contribution in [0.25, 0.3) is 11.3 Å². The number of rotatable bonds is 3. The van der Waals surface area contributed by atoms with E-state index >= 15 is 0 Å². The van der Waals surface area contributed by atoms with Crippen LogP contribution < -0.4 is 20.4 Å². The van der Waals surface area contributed by atoms with Crippen LogP contribution in [0.5, 0.6) is 11.5 Å². The Bertz CT molecular complexity index is 996. The van der Waals surface area contributed by atoms with E-state index in [1.807, 2.05) is 19.6 Å². The molecular weight excluding hydrogens is 417 g/mol. The summed E-state index contributed by atoms with van der Waals surface area (Å²) in [5, 5.41) is 0.116. The number of aromatic nitrogens is 1. The number of carbonyl (C=O) groups excluding carboxylic acids is 1. The second kappa shape index (κ2) is 6.56. The number of nitrogens with zero attached hydrogens (tertiary/aromatic N) is 1. The van der Waals surface area contributed by atoms with Gasteiger partial charge in [-0.3, -0.25) is 0 Å². The van der Waals surface area contributed by atoms with Gasteiger partial charge in [-0.05, 0) is 11.3 Å². The highest BCUT2D eigenvalue weighted by molar-refractivity contribution is 6.89. The number of ether oxygens (including phenoxy) is 3. The fourth-order valence-electron chi connectivity index (χ4n) is 2.77. The van der Waals surface area contributed by atoms with Crippen molar-refractivity contribution in [3.8, 4) is 22.8 Å². The fraction of sp³-hybridized carbons (Fsp3) is 0.294. The second-order valence-electron chi connectivity index (χ2n) is 7.08. The van der Waals surface area contributed by atoms with Gasteiger partial charge in [0.05, 0.1) is 25.9 Å². The Morgan fingerprint density at radius 2 is 1.86 bits per heavy atom. The Labute approximate surface area is 164 Å². The molecule has 0 saturated heterocycles. The quantitative estimate of drug-likeness (QED) is 0.587. The average Bonchev–Trinajstić information content (AvgIpc) is 2.92. The maximum absolute atomic E-state index is 14.8. The van der Waals surface area contributed by atoms with Crippen LogP contribution in [-0.4, -0.2) is 32.4 Å². The molecule has 0 saturated carbocycles. The van der Waals surface area contributed by atoms with E-state index in [0.717, 1.165) is 7.11 Å². The first-order chi connectivity index (χ1) is 12.9. The number of anilines is 1. The highest BCUT2D eigenvalue weighted by Gasteiger charge is 2.47. The predicted molar refractivity (Wildman–Crippen MR) is 99.6 cm³/mol. The minimum atomic E-state index is -3.92. The van der Waals surface area contributed by atoms with Crippen LogP contribution in [0, 0.1) is 5.82 Å². The van der Waals surface area contributed by atoms with Crippen LogP contribution in [0.15, 0.2) is 12.1 Å². The molecule has 0 spiro atoms. The average molecular weight is 433 g/mol. The highest BCUT2D eigenvalue weighted by Crippen LogP contribution is 2.48. The summed E-state index contributed by atoms with van der Waals surface area (Å²) < 4.78 is 56.4. The van der Waals surface area contributed by atoms with Crippen LogP contribution >= 0.6 is 11.6 Å². The third-order valence-electron chi connectivity index (χ3n) is 4.11. The van der Waals surface area contributed by atoms with Crippen molar-refractivity contribution in [1.82, 2.24) is 4.98 Å². The molecule has 0 amide bonds. The Morgan fingerprint density at radius 3 is 2.43 bits per heavy atom. The number of esters is 1. The number of hydrogen-bond acceptors (Lipinski definition) is 6. The summed E-state index contributed by atoms with van der Waals surface area (Å²) >= 11 is 5.88. The maximum Gasteiger partial charge on any atom is 0.586 e. The van der Waals surface area contributed by atoms with Gasteiger partial charge in [-0.15, -0.1) is 8.78 Å². The summed E-state index contributed by atoms with van der Waals surface area (Å²) in [7, 11) is -1.04. The third kappa shape index (κ3) is 3.26. The van der Waals surface area contributed by atoms with Gasteiger partial charge in [0.2, 0.25) is 0 Å². The van der Waals surface area contributed by atoms with Gasteiger partial charge in [0.25, 0.3) is 0 Å². The van der Waals surface area contributed by atoms with Crippen LogP contribution in [0.2, 0.25) is 24.7 Å². The molecule has 0 radical (unpaired) electrons. The van der Waals surface area contributed by atoms with Crippen LogP contribution in [0.3, 0.4) is 0 Å². The smallest absolute Gasteiger partial charge is 0.464 e. The molecule has 1 aliphatic heterocycles. The van der Waals surface area contributed by atoms with Gasteiger partial charge >= 0.3 is 12.3 Å². The van der Waals surface area contributed by atoms with Gasteiger partial charge in [-0.2, -0.15) is 0 Å². The van der Waals surface area contributed by atoms with Crippen LogP contribution in [0.1, 0.15) is 10.5 Å². The number of methoxy groups -OCH3 is 1. The second-order valence-corrected chi connectivity index (χ2v) is 12.5. The van der Waals surface area contributed by atoms with Crippen molar-refractivity contribution in [2.75, 3.05) is 12.8 Å². The molecule has 2 heterocycles. The number of hydrogen-bond donors (Lipinski definition) is 1. The molecule has 0 atom stereocenters. The minimum Gasteiger partial charge on any atom is -0.464 e. The van der Waals surface area contributed by atoms with Crippen molar-refractivity contribution in [1.29, 1.82) is 0 Å². The zero-order chi connectivity index (χ0) is 21.0. The lowest BCUT2D eigenvalue weighted by Crippen LogP contribution is -2.39. The number of pyridine rings is 1. The molecule has 3 rings (SSSR count). The molecule has 0 fully saturated rings. The molecule has 0 unspecified atom stereocenters. The van der Waals surface area contributed by atoms with Gasteiger partial charge in [-0.25, -0.2) is 14.2 Å². The van der Waals surface area contributed by atoms with Crippen molar-refractivity contribution in [3.05, 3.63) is 28.7 Å². The highest BCUT2D eigenvalue weighted by atomic mass is 35.5. The number of alkyl halides is 2. The van der Waals surface area contributed by atoms with E-state index in [1.165, 1.54) is 6.07 Å². The number of nitrogen functional groups attached to an aromatic ring is 1. The predicted octanol–water partition coefficient (Wildman–Crippen LogP) is 3.78. The van der Waals surface area contributed by atoms with Gasteiger partial charge in [-0.1, -0.05) is 37.3 Å². The Morgan fingerprint density at radius 1 is 1.25 bits per heavy atom. The molecule has 0 aliphatic carbocycles. The van der Waals surface area contributed by atoms with E-state index in [4.69, 9.17) is 17.3 Å². The summed E-state index contributed by atoms with van der Waals surface area (Å²) in [5.41, 5.74) is 3.99. The third-order valence-corrected chi connectivity index (χ3v) is 6.50. The molecular formula is C17H16ClF3N2O4Si. The summed E-state index contributed by atoms with van der Waals surface area (Å²) in [6.07, 6.45) is -3.92. The number of fused-ring (bicyclic) bond motifs is 1. The summed E-state index contributed by atoms with van der Waals surface area (Å²) in [5.74, 6) is -2.61. The topological polar surface area (TPSA) is 83.7 Å². The Hall–Kier alpha value is -2.46. The SMILES string of the molecule is COC(=O)c1nc(-c2ccc([Si](C)(C)C)c3c2OC(F)(F)O3)c(F)c(N)c1Cl. The van der Waals surface area contributed by atoms with Gasteiger partial charge in [0, 0.05) is 5.56 Å². The first-order valence-electron chi connectivity index (χ1n) is 8.04. The monoisotopic (exact) mass is 432 g/mol. The summed E-state index contributed by atoms with van der Waals surface area (Å²) in [6, 6.07) is 2.92. The lowest BCUT2D eigenvalue weighted by molar-refractivity contribution is -0.286. The van der Waals surface area contributed by atoms with E-state index in [0.29, 0.717) is 5.19 Å². The van der Waals surface area contributed by atoms with E-state index in [9.17, 15) is 18.0 Å². The zero-order valence-electron chi connectivity index (χ0n) is 15.3. The zero-order valence-corrected chi connectivity index (χ0v) is 17.1. The molecule has 11 heteroatoms. The summed E-state index contributed by atoms with van der Waals surface area (Å²) in [4.78, 5) is 15.7. The van der Waals surface area contributed by atoms with Crippen molar-refractivity contribution in [3.63, 3.8) is 0 Å². The fourth-order valence-corrected chi connectivity index (χ4v) is 4.40. The minimum absolute atomic E-state index is 0.153. The van der Waals surface area contributed by atoms with Crippen molar-refractivity contribution in [2.45, 2.75) is 25.9 Å². The normalized spacial score (nSPS) is 14.9. The summed E-state index contributed by atoms with van der Waals surface area (Å²) in [6.45, 7) is 5.78.